The number of hydrogen-bond donors (Lipinski definition) is 2. The average Bonchev–Trinajstić information content (AvgIpc) is 3.44. The number of nitrogens with zero attached hydrogens (tertiary/aromatic N) is 1. The summed E-state index contributed by atoms with van der Waals surface area (Å²) < 4.78 is 49.0. The summed E-state index contributed by atoms with van der Waals surface area (Å²) in [6, 6.07) is 5.65. The van der Waals surface area contributed by atoms with E-state index in [2.05, 4.69) is 16.0 Å². The van der Waals surface area contributed by atoms with Gasteiger partial charge in [-0.05, 0) is 61.6 Å². The first-order valence-electron chi connectivity index (χ1n) is 13.5. The van der Waals surface area contributed by atoms with Crippen molar-refractivity contribution in [3.8, 4) is 5.75 Å². The van der Waals surface area contributed by atoms with E-state index in [0.29, 0.717) is 47.1 Å². The van der Waals surface area contributed by atoms with Crippen molar-refractivity contribution in [2.24, 2.45) is 10.9 Å². The lowest BCUT2D eigenvalue weighted by atomic mass is 9.72. The van der Waals surface area contributed by atoms with Gasteiger partial charge in [0.1, 0.15) is 5.75 Å². The van der Waals surface area contributed by atoms with Gasteiger partial charge in [-0.25, -0.2) is 4.99 Å². The molecule has 0 bridgehead atoms. The first-order valence-corrected chi connectivity index (χ1v) is 13.5. The van der Waals surface area contributed by atoms with Gasteiger partial charge in [-0.1, -0.05) is 53.7 Å². The van der Waals surface area contributed by atoms with E-state index in [1.54, 1.807) is 40.7 Å². The molecule has 0 spiro atoms. The fourth-order valence-electron chi connectivity index (χ4n) is 5.23. The zero-order chi connectivity index (χ0) is 28.5. The van der Waals surface area contributed by atoms with Crippen LogP contribution in [0.5, 0.6) is 5.75 Å². The third kappa shape index (κ3) is 6.33. The quantitative estimate of drug-likeness (QED) is 0.301. The summed E-state index contributed by atoms with van der Waals surface area (Å²) in [5.41, 5.74) is 1.05. The molecule has 1 aliphatic heterocycles. The molecule has 1 aromatic heterocycles. The molecule has 0 saturated carbocycles. The van der Waals surface area contributed by atoms with Gasteiger partial charge >= 0.3 is 6.18 Å². The van der Waals surface area contributed by atoms with Gasteiger partial charge in [-0.15, -0.1) is 0 Å². The Morgan fingerprint density at radius 3 is 2.45 bits per heavy atom. The summed E-state index contributed by atoms with van der Waals surface area (Å²) in [6.07, 6.45) is -3.89. The number of aromatic nitrogens is 1. The molecule has 2 aromatic rings. The number of H-pyrrole nitrogens is 1. The van der Waals surface area contributed by atoms with Gasteiger partial charge in [-0.2, -0.15) is 13.2 Å². The van der Waals surface area contributed by atoms with Gasteiger partial charge in [-0.3, -0.25) is 4.79 Å². The van der Waals surface area contributed by atoms with Gasteiger partial charge in [0.05, 0.1) is 18.0 Å². The van der Waals surface area contributed by atoms with Crippen molar-refractivity contribution >= 4 is 17.2 Å². The predicted octanol–water partition coefficient (Wildman–Crippen LogP) is 7.12. The van der Waals surface area contributed by atoms with Crippen LogP contribution in [0.4, 0.5) is 18.9 Å². The van der Waals surface area contributed by atoms with Gasteiger partial charge < -0.3 is 14.8 Å². The zero-order valence-electron chi connectivity index (χ0n) is 23.6. The Kier molecular flexibility index (Phi) is 8.86. The molecule has 2 N–H and O–H groups in total. The number of hydrogen-bond acceptors (Lipinski definition) is 4. The molecule has 8 heteroatoms. The number of carbonyl (C=O) groups is 1. The van der Waals surface area contributed by atoms with Crippen molar-refractivity contribution in [3.05, 3.63) is 46.3 Å². The fraction of sp³-hybridized carbons (Fsp3) is 0.600. The molecule has 1 unspecified atom stereocenters. The van der Waals surface area contributed by atoms with Crippen LogP contribution >= 0.6 is 0 Å². The molecule has 1 atom stereocenters. The van der Waals surface area contributed by atoms with Crippen LogP contribution in [-0.2, 0) is 29.5 Å². The Morgan fingerprint density at radius 2 is 1.87 bits per heavy atom. The summed E-state index contributed by atoms with van der Waals surface area (Å²) in [7, 11) is 0. The van der Waals surface area contributed by atoms with Crippen molar-refractivity contribution in [1.29, 1.82) is 0 Å². The van der Waals surface area contributed by atoms with Crippen LogP contribution in [0.25, 0.3) is 0 Å². The third-order valence-corrected chi connectivity index (χ3v) is 7.49. The fourth-order valence-corrected chi connectivity index (χ4v) is 5.23. The van der Waals surface area contributed by atoms with E-state index >= 15 is 0 Å². The van der Waals surface area contributed by atoms with Crippen LogP contribution in [0.3, 0.4) is 0 Å². The van der Waals surface area contributed by atoms with E-state index in [-0.39, 0.29) is 18.1 Å². The first kappa shape index (κ1) is 29.9. The van der Waals surface area contributed by atoms with E-state index in [1.165, 1.54) is 0 Å². The standard InChI is InChI=1S/C30H41F3N2O3/c1-8-20-14-21-11-13-38-27(21)23(15-20)28(6,7)17-29(37,30(31,32)33)12-10-22-16-25(19(5)34-22)35-24(9-2)26(36)18(3)4/h14-16,18,34,37H,8-13,17H2,1-7H3. The number of halogens is 3. The summed E-state index contributed by atoms with van der Waals surface area (Å²) >= 11 is 0. The molecular weight excluding hydrogens is 493 g/mol. The molecule has 1 aromatic carbocycles. The highest BCUT2D eigenvalue weighted by molar-refractivity contribution is 6.40. The SMILES string of the molecule is CCC(=Nc1cc(CCC(O)(CC(C)(C)c2cc(CC)cc3c2OCC3)C(F)(F)F)[nH]c1C)C(=O)C(C)C. The van der Waals surface area contributed by atoms with E-state index in [4.69, 9.17) is 4.74 Å². The van der Waals surface area contributed by atoms with Crippen LogP contribution in [0, 0.1) is 12.8 Å². The van der Waals surface area contributed by atoms with Crippen molar-refractivity contribution in [3.63, 3.8) is 0 Å². The summed E-state index contributed by atoms with van der Waals surface area (Å²) in [5.74, 6) is 0.412. The third-order valence-electron chi connectivity index (χ3n) is 7.49. The van der Waals surface area contributed by atoms with Crippen LogP contribution in [0.1, 0.15) is 88.9 Å². The minimum absolute atomic E-state index is 0.0222. The van der Waals surface area contributed by atoms with Crippen molar-refractivity contribution in [1.82, 2.24) is 4.98 Å². The lowest BCUT2D eigenvalue weighted by molar-refractivity contribution is -0.269. The molecule has 0 amide bonds. The number of aliphatic hydroxyl groups is 1. The highest BCUT2D eigenvalue weighted by Gasteiger charge is 2.55. The second-order valence-corrected chi connectivity index (χ2v) is 11.4. The topological polar surface area (TPSA) is 74.7 Å². The maximum absolute atomic E-state index is 14.4. The van der Waals surface area contributed by atoms with Crippen LogP contribution in [0.15, 0.2) is 23.2 Å². The number of nitrogens with one attached hydrogen (secondary N) is 1. The Hall–Kier alpha value is -2.61. The summed E-state index contributed by atoms with van der Waals surface area (Å²) in [4.78, 5) is 20.0. The molecule has 0 saturated heterocycles. The molecule has 0 fully saturated rings. The van der Waals surface area contributed by atoms with Gasteiger partial charge in [0, 0.05) is 29.3 Å². The lowest BCUT2D eigenvalue weighted by Gasteiger charge is -2.38. The number of aryl methyl sites for hydroxylation is 3. The maximum atomic E-state index is 14.4. The molecular formula is C30H41F3N2O3. The van der Waals surface area contributed by atoms with E-state index < -0.39 is 30.0 Å². The van der Waals surface area contributed by atoms with E-state index in [1.807, 2.05) is 19.9 Å². The summed E-state index contributed by atoms with van der Waals surface area (Å²) in [6.45, 7) is 13.2. The maximum Gasteiger partial charge on any atom is 0.417 e. The monoisotopic (exact) mass is 534 g/mol. The van der Waals surface area contributed by atoms with Gasteiger partial charge in [0.2, 0.25) is 0 Å². The number of aromatic amines is 1. The molecule has 0 radical (unpaired) electrons. The van der Waals surface area contributed by atoms with E-state index in [0.717, 1.165) is 24.0 Å². The van der Waals surface area contributed by atoms with E-state index in [9.17, 15) is 23.1 Å². The minimum Gasteiger partial charge on any atom is -0.493 e. The lowest BCUT2D eigenvalue weighted by Crippen LogP contribution is -2.49. The number of aliphatic imine (C=N–C) groups is 1. The molecule has 3 rings (SSSR count). The minimum atomic E-state index is -4.82. The molecule has 2 heterocycles. The Labute approximate surface area is 223 Å². The number of benzene rings is 1. The van der Waals surface area contributed by atoms with Crippen LogP contribution in [0.2, 0.25) is 0 Å². The Morgan fingerprint density at radius 1 is 1.18 bits per heavy atom. The number of alkyl halides is 3. The number of ether oxygens (including phenoxy) is 1. The van der Waals surface area contributed by atoms with Crippen molar-refractivity contribution < 1.29 is 27.8 Å². The van der Waals surface area contributed by atoms with Crippen molar-refractivity contribution in [2.45, 2.75) is 104 Å². The normalized spacial score (nSPS) is 15.9. The molecule has 210 valence electrons. The number of fused-ring (bicyclic) bond motifs is 1. The molecule has 0 aliphatic carbocycles. The smallest absolute Gasteiger partial charge is 0.417 e. The Bertz CT molecular complexity index is 1190. The zero-order valence-corrected chi connectivity index (χ0v) is 23.6. The highest BCUT2D eigenvalue weighted by atomic mass is 19.4. The highest BCUT2D eigenvalue weighted by Crippen LogP contribution is 2.47. The summed E-state index contributed by atoms with van der Waals surface area (Å²) in [5, 5.41) is 11.1. The second-order valence-electron chi connectivity index (χ2n) is 11.4. The van der Waals surface area contributed by atoms with Gasteiger partial charge in [0.25, 0.3) is 0 Å². The predicted molar refractivity (Wildman–Crippen MR) is 145 cm³/mol. The molecule has 5 nitrogen and oxygen atoms in total. The second kappa shape index (κ2) is 11.2. The van der Waals surface area contributed by atoms with Gasteiger partial charge in [0.15, 0.2) is 11.4 Å². The molecule has 1 aliphatic rings. The number of ketones is 1. The number of Topliss-reactive ketones (excluding diaryl/α,β-unsaturated/α-hetero) is 1. The first-order chi connectivity index (χ1) is 17.6. The molecule has 38 heavy (non-hydrogen) atoms. The largest absolute Gasteiger partial charge is 0.493 e. The van der Waals surface area contributed by atoms with Crippen molar-refractivity contribution in [2.75, 3.05) is 6.61 Å². The number of carbonyl (C=O) groups excluding carboxylic acids is 1. The number of rotatable bonds is 11. The average molecular weight is 535 g/mol. The Balaban J connectivity index is 1.87. The van der Waals surface area contributed by atoms with Crippen LogP contribution < -0.4 is 4.74 Å². The van der Waals surface area contributed by atoms with Crippen LogP contribution in [-0.4, -0.2) is 40.0 Å².